The molecule has 1 fully saturated rings. The lowest BCUT2D eigenvalue weighted by atomic mass is 9.93. The van der Waals surface area contributed by atoms with Crippen LogP contribution < -0.4 is 18.9 Å². The molecule has 1 aliphatic heterocycles. The molecule has 33 heavy (non-hydrogen) atoms. The third-order valence-corrected chi connectivity index (χ3v) is 5.65. The summed E-state index contributed by atoms with van der Waals surface area (Å²) in [5.74, 6) is 2.65. The molecule has 0 unspecified atom stereocenters. The van der Waals surface area contributed by atoms with Crippen LogP contribution in [0.5, 0.6) is 23.0 Å². The molecule has 1 heterocycles. The predicted octanol–water partition coefficient (Wildman–Crippen LogP) is 4.73. The van der Waals surface area contributed by atoms with Gasteiger partial charge in [-0.15, -0.1) is 0 Å². The Hall–Kier alpha value is -3.00. The molecule has 1 saturated heterocycles. The van der Waals surface area contributed by atoms with Crippen LogP contribution in [0.1, 0.15) is 24.7 Å². The van der Waals surface area contributed by atoms with E-state index in [1.807, 2.05) is 42.5 Å². The number of hydrogen-bond acceptors (Lipinski definition) is 7. The van der Waals surface area contributed by atoms with Crippen LogP contribution in [0, 0.1) is 0 Å². The van der Waals surface area contributed by atoms with Crippen molar-refractivity contribution in [3.05, 3.63) is 48.0 Å². The first-order valence-corrected chi connectivity index (χ1v) is 11.0. The minimum atomic E-state index is -0.513. The molecule has 0 aliphatic carbocycles. The van der Waals surface area contributed by atoms with E-state index in [0.29, 0.717) is 49.2 Å². The summed E-state index contributed by atoms with van der Waals surface area (Å²) in [5.41, 5.74) is 2.45. The molecule has 7 nitrogen and oxygen atoms in total. The van der Waals surface area contributed by atoms with Gasteiger partial charge < -0.3 is 33.5 Å². The first-order valence-electron chi connectivity index (χ1n) is 11.0. The highest BCUT2D eigenvalue weighted by molar-refractivity contribution is 6.03. The smallest absolute Gasteiger partial charge is 0.184 e. The van der Waals surface area contributed by atoms with Crippen molar-refractivity contribution in [3.8, 4) is 34.1 Å². The van der Waals surface area contributed by atoms with Crippen molar-refractivity contribution in [2.75, 3.05) is 47.8 Å². The summed E-state index contributed by atoms with van der Waals surface area (Å²) in [6, 6.07) is 13.5. The monoisotopic (exact) mass is 454 g/mol. The SMILES string of the molecule is COc1cccc(C2OCCCO2)c1-c1cc(OC)c2c(OC)cccc2c1OCCCO. The van der Waals surface area contributed by atoms with Crippen LogP contribution in [0.25, 0.3) is 21.9 Å². The second-order valence-electron chi connectivity index (χ2n) is 7.62. The van der Waals surface area contributed by atoms with Crippen LogP contribution in [0.3, 0.4) is 0 Å². The van der Waals surface area contributed by atoms with E-state index in [1.54, 1.807) is 21.3 Å². The van der Waals surface area contributed by atoms with Crippen LogP contribution in [0.2, 0.25) is 0 Å². The van der Waals surface area contributed by atoms with Crippen LogP contribution in [0.15, 0.2) is 42.5 Å². The highest BCUT2D eigenvalue weighted by Crippen LogP contribution is 2.49. The Balaban J connectivity index is 2.02. The van der Waals surface area contributed by atoms with Crippen molar-refractivity contribution in [2.45, 2.75) is 19.1 Å². The maximum Gasteiger partial charge on any atom is 0.184 e. The molecule has 176 valence electrons. The zero-order valence-corrected chi connectivity index (χ0v) is 19.3. The Bertz CT molecular complexity index is 1090. The van der Waals surface area contributed by atoms with E-state index >= 15 is 0 Å². The Labute approximate surface area is 193 Å². The lowest BCUT2D eigenvalue weighted by molar-refractivity contribution is -0.182. The number of methoxy groups -OCH3 is 3. The molecule has 7 heteroatoms. The van der Waals surface area contributed by atoms with Gasteiger partial charge in [-0.1, -0.05) is 24.3 Å². The fraction of sp³-hybridized carbons (Fsp3) is 0.385. The first kappa shape index (κ1) is 23.2. The van der Waals surface area contributed by atoms with Gasteiger partial charge in [0.25, 0.3) is 0 Å². The summed E-state index contributed by atoms with van der Waals surface area (Å²) in [5, 5.41) is 11.0. The van der Waals surface area contributed by atoms with Crippen LogP contribution in [0.4, 0.5) is 0 Å². The number of fused-ring (bicyclic) bond motifs is 1. The number of rotatable bonds is 9. The molecule has 3 aromatic carbocycles. The highest BCUT2D eigenvalue weighted by Gasteiger charge is 2.27. The largest absolute Gasteiger partial charge is 0.496 e. The van der Waals surface area contributed by atoms with Gasteiger partial charge in [0.15, 0.2) is 6.29 Å². The van der Waals surface area contributed by atoms with Crippen LogP contribution in [-0.2, 0) is 9.47 Å². The summed E-state index contributed by atoms with van der Waals surface area (Å²) in [6.07, 6.45) is 0.848. The zero-order chi connectivity index (χ0) is 23.2. The maximum atomic E-state index is 9.33. The van der Waals surface area contributed by atoms with E-state index in [-0.39, 0.29) is 6.61 Å². The number of hydrogen-bond donors (Lipinski definition) is 1. The molecule has 3 aromatic rings. The summed E-state index contributed by atoms with van der Waals surface area (Å²) < 4.78 is 35.3. The third kappa shape index (κ3) is 4.57. The van der Waals surface area contributed by atoms with E-state index in [9.17, 15) is 5.11 Å². The lowest BCUT2D eigenvalue weighted by Crippen LogP contribution is -2.18. The van der Waals surface area contributed by atoms with Gasteiger partial charge in [-0.25, -0.2) is 0 Å². The normalized spacial score (nSPS) is 14.3. The fourth-order valence-corrected chi connectivity index (χ4v) is 4.17. The maximum absolute atomic E-state index is 9.33. The zero-order valence-electron chi connectivity index (χ0n) is 19.3. The second-order valence-corrected chi connectivity index (χ2v) is 7.62. The molecule has 1 aliphatic rings. The molecule has 0 bridgehead atoms. The number of benzene rings is 3. The summed E-state index contributed by atoms with van der Waals surface area (Å²) in [6.45, 7) is 1.64. The number of aliphatic hydroxyl groups excluding tert-OH is 1. The van der Waals surface area contributed by atoms with Gasteiger partial charge in [0.2, 0.25) is 0 Å². The van der Waals surface area contributed by atoms with Gasteiger partial charge in [0.05, 0.1) is 46.5 Å². The molecule has 0 atom stereocenters. The second kappa shape index (κ2) is 10.7. The Morgan fingerprint density at radius 2 is 1.61 bits per heavy atom. The topological polar surface area (TPSA) is 75.6 Å². The van der Waals surface area contributed by atoms with Crippen molar-refractivity contribution in [2.24, 2.45) is 0 Å². The number of ether oxygens (including phenoxy) is 6. The summed E-state index contributed by atoms with van der Waals surface area (Å²) in [4.78, 5) is 0. The van der Waals surface area contributed by atoms with E-state index in [4.69, 9.17) is 28.4 Å². The van der Waals surface area contributed by atoms with Gasteiger partial charge in [0.1, 0.15) is 23.0 Å². The number of aliphatic hydroxyl groups is 1. The molecule has 0 spiro atoms. The summed E-state index contributed by atoms with van der Waals surface area (Å²) in [7, 11) is 4.90. The molecular formula is C26H30O7. The van der Waals surface area contributed by atoms with E-state index < -0.39 is 6.29 Å². The minimum Gasteiger partial charge on any atom is -0.496 e. The van der Waals surface area contributed by atoms with Gasteiger partial charge in [-0.05, 0) is 24.6 Å². The van der Waals surface area contributed by atoms with Crippen molar-refractivity contribution in [1.82, 2.24) is 0 Å². The standard InChI is InChI=1S/C26H30O7/c1-28-20-10-5-9-18(26-32-14-7-15-33-26)23(20)19-16-22(30-3)24-17(8-4-11-21(24)29-2)25(19)31-13-6-12-27/h4-5,8-11,16,26-27H,6-7,12-15H2,1-3H3. The van der Waals surface area contributed by atoms with Crippen molar-refractivity contribution in [1.29, 1.82) is 0 Å². The fourth-order valence-electron chi connectivity index (χ4n) is 4.17. The lowest BCUT2D eigenvalue weighted by Gasteiger charge is -2.27. The summed E-state index contributed by atoms with van der Waals surface area (Å²) >= 11 is 0. The van der Waals surface area contributed by atoms with Gasteiger partial charge >= 0.3 is 0 Å². The van der Waals surface area contributed by atoms with Crippen LogP contribution in [-0.4, -0.2) is 52.9 Å². The van der Waals surface area contributed by atoms with E-state index in [2.05, 4.69) is 0 Å². The first-order chi connectivity index (χ1) is 16.2. The average Bonchev–Trinajstić information content (AvgIpc) is 2.88. The van der Waals surface area contributed by atoms with Gasteiger partial charge in [-0.2, -0.15) is 0 Å². The van der Waals surface area contributed by atoms with Crippen molar-refractivity contribution in [3.63, 3.8) is 0 Å². The molecule has 1 N–H and O–H groups in total. The third-order valence-electron chi connectivity index (χ3n) is 5.65. The van der Waals surface area contributed by atoms with Crippen molar-refractivity contribution < 1.29 is 33.5 Å². The molecule has 0 radical (unpaired) electrons. The molecule has 0 amide bonds. The van der Waals surface area contributed by atoms with Crippen LogP contribution >= 0.6 is 0 Å². The van der Waals surface area contributed by atoms with E-state index in [1.165, 1.54) is 0 Å². The molecule has 0 aromatic heterocycles. The Morgan fingerprint density at radius 1 is 0.909 bits per heavy atom. The highest BCUT2D eigenvalue weighted by atomic mass is 16.7. The Morgan fingerprint density at radius 3 is 2.30 bits per heavy atom. The van der Waals surface area contributed by atoms with Crippen molar-refractivity contribution >= 4 is 10.8 Å². The van der Waals surface area contributed by atoms with Gasteiger partial charge in [0, 0.05) is 35.1 Å². The quantitative estimate of drug-likeness (QED) is 0.469. The molecule has 0 saturated carbocycles. The molecule has 4 rings (SSSR count). The molecular weight excluding hydrogens is 424 g/mol. The average molecular weight is 455 g/mol. The Kier molecular flexibility index (Phi) is 7.54. The van der Waals surface area contributed by atoms with E-state index in [0.717, 1.165) is 33.9 Å². The predicted molar refractivity (Wildman–Crippen MR) is 125 cm³/mol. The minimum absolute atomic E-state index is 0.0381. The van der Waals surface area contributed by atoms with Gasteiger partial charge in [-0.3, -0.25) is 0 Å².